The molecule has 0 spiro atoms. The maximum Gasteiger partial charge on any atom is 0.228 e. The topological polar surface area (TPSA) is 83.4 Å². The molecule has 1 unspecified atom stereocenters. The van der Waals surface area contributed by atoms with Crippen LogP contribution in [0.1, 0.15) is 19.7 Å². The van der Waals surface area contributed by atoms with Crippen LogP contribution in [0.3, 0.4) is 0 Å². The van der Waals surface area contributed by atoms with Gasteiger partial charge in [0.15, 0.2) is 0 Å². The summed E-state index contributed by atoms with van der Waals surface area (Å²) < 4.78 is 15.7. The van der Waals surface area contributed by atoms with E-state index in [0.717, 1.165) is 5.56 Å². The van der Waals surface area contributed by atoms with E-state index in [9.17, 15) is 0 Å². The van der Waals surface area contributed by atoms with E-state index in [-0.39, 0.29) is 6.04 Å². The van der Waals surface area contributed by atoms with Crippen LogP contribution >= 0.6 is 0 Å². The zero-order valence-electron chi connectivity index (χ0n) is 12.8. The normalized spacial score (nSPS) is 12.5. The summed E-state index contributed by atoms with van der Waals surface area (Å²) in [6.07, 6.45) is 0.561. The highest BCUT2D eigenvalue weighted by Gasteiger charge is 2.15. The van der Waals surface area contributed by atoms with Crippen LogP contribution in [0.2, 0.25) is 0 Å². The van der Waals surface area contributed by atoms with Gasteiger partial charge in [-0.15, -0.1) is 0 Å². The zero-order valence-corrected chi connectivity index (χ0v) is 12.8. The van der Waals surface area contributed by atoms with Gasteiger partial charge < -0.3 is 19.7 Å². The molecule has 1 aromatic carbocycles. The number of hydrogen-bond donors (Lipinski definition) is 1. The summed E-state index contributed by atoms with van der Waals surface area (Å²) in [4.78, 5) is 4.38. The van der Waals surface area contributed by atoms with Gasteiger partial charge in [-0.1, -0.05) is 19.0 Å². The molecule has 114 valence electrons. The fourth-order valence-corrected chi connectivity index (χ4v) is 1.83. The summed E-state index contributed by atoms with van der Waals surface area (Å²) >= 11 is 0. The smallest absolute Gasteiger partial charge is 0.228 e. The molecule has 0 saturated carbocycles. The highest BCUT2D eigenvalue weighted by atomic mass is 16.5. The van der Waals surface area contributed by atoms with E-state index >= 15 is 0 Å². The van der Waals surface area contributed by atoms with Gasteiger partial charge in [-0.2, -0.15) is 4.98 Å². The van der Waals surface area contributed by atoms with Crippen LogP contribution in [0.4, 0.5) is 0 Å². The number of methoxy groups -OCH3 is 2. The minimum Gasteiger partial charge on any atom is -0.497 e. The van der Waals surface area contributed by atoms with E-state index in [1.54, 1.807) is 20.3 Å². The Morgan fingerprint density at radius 2 is 1.76 bits per heavy atom. The van der Waals surface area contributed by atoms with Crippen LogP contribution < -0.4 is 15.2 Å². The third kappa shape index (κ3) is 3.72. The zero-order chi connectivity index (χ0) is 15.4. The van der Waals surface area contributed by atoms with E-state index in [2.05, 4.69) is 24.0 Å². The average molecular weight is 291 g/mol. The Morgan fingerprint density at radius 1 is 1.14 bits per heavy atom. The summed E-state index contributed by atoms with van der Waals surface area (Å²) in [6.45, 7) is 4.13. The Morgan fingerprint density at radius 3 is 2.29 bits per heavy atom. The molecule has 21 heavy (non-hydrogen) atoms. The maximum absolute atomic E-state index is 6.02. The van der Waals surface area contributed by atoms with Gasteiger partial charge in [0.05, 0.1) is 14.2 Å². The molecule has 0 fully saturated rings. The quantitative estimate of drug-likeness (QED) is 0.879. The lowest BCUT2D eigenvalue weighted by atomic mass is 10.0. The third-order valence-corrected chi connectivity index (χ3v) is 3.34. The van der Waals surface area contributed by atoms with Gasteiger partial charge in [0, 0.05) is 24.1 Å². The first kappa shape index (κ1) is 15.3. The van der Waals surface area contributed by atoms with Gasteiger partial charge in [0.2, 0.25) is 11.7 Å². The number of hydrogen-bond acceptors (Lipinski definition) is 6. The number of nitrogens with zero attached hydrogens (tertiary/aromatic N) is 2. The number of ether oxygens (including phenoxy) is 2. The first-order valence-electron chi connectivity index (χ1n) is 6.85. The van der Waals surface area contributed by atoms with Crippen molar-refractivity contribution in [1.29, 1.82) is 0 Å². The first-order valence-corrected chi connectivity index (χ1v) is 6.85. The molecule has 0 radical (unpaired) electrons. The molecule has 0 amide bonds. The van der Waals surface area contributed by atoms with E-state index in [1.807, 2.05) is 12.1 Å². The highest BCUT2D eigenvalue weighted by Crippen LogP contribution is 2.28. The lowest BCUT2D eigenvalue weighted by molar-refractivity contribution is 0.353. The van der Waals surface area contributed by atoms with Crippen LogP contribution in [-0.4, -0.2) is 30.4 Å². The summed E-state index contributed by atoms with van der Waals surface area (Å²) in [6, 6.07) is 5.45. The molecular formula is C15H21N3O3. The number of rotatable bonds is 6. The molecule has 0 aliphatic rings. The van der Waals surface area contributed by atoms with E-state index in [4.69, 9.17) is 19.7 Å². The summed E-state index contributed by atoms with van der Waals surface area (Å²) in [5.41, 5.74) is 6.80. The number of aromatic nitrogens is 2. The molecule has 2 rings (SSSR count). The predicted molar refractivity (Wildman–Crippen MR) is 79.4 cm³/mol. The monoisotopic (exact) mass is 291 g/mol. The van der Waals surface area contributed by atoms with Gasteiger partial charge in [-0.25, -0.2) is 0 Å². The Kier molecular flexibility index (Phi) is 4.80. The van der Waals surface area contributed by atoms with Gasteiger partial charge >= 0.3 is 0 Å². The van der Waals surface area contributed by atoms with Crippen molar-refractivity contribution < 1.29 is 14.0 Å². The van der Waals surface area contributed by atoms with Crippen molar-refractivity contribution in [2.75, 3.05) is 14.2 Å². The fourth-order valence-electron chi connectivity index (χ4n) is 1.83. The van der Waals surface area contributed by atoms with Gasteiger partial charge in [-0.3, -0.25) is 0 Å². The Balaban J connectivity index is 2.24. The molecule has 0 aliphatic heterocycles. The van der Waals surface area contributed by atoms with Crippen molar-refractivity contribution in [1.82, 2.24) is 10.1 Å². The Bertz CT molecular complexity index is 573. The standard InChI is InChI=1S/C15H21N3O3/c1-9(2)13(16)8-14-17-15(18-21-14)10-5-11(19-3)7-12(6-10)20-4/h5-7,9,13H,8,16H2,1-4H3. The lowest BCUT2D eigenvalue weighted by Gasteiger charge is -2.11. The van der Waals surface area contributed by atoms with Crippen molar-refractivity contribution in [3.8, 4) is 22.9 Å². The molecule has 0 aliphatic carbocycles. The lowest BCUT2D eigenvalue weighted by Crippen LogP contribution is -2.28. The van der Waals surface area contributed by atoms with E-state index in [0.29, 0.717) is 35.6 Å². The fraction of sp³-hybridized carbons (Fsp3) is 0.467. The largest absolute Gasteiger partial charge is 0.497 e. The second kappa shape index (κ2) is 6.58. The molecule has 0 saturated heterocycles. The summed E-state index contributed by atoms with van der Waals surface area (Å²) in [7, 11) is 3.20. The summed E-state index contributed by atoms with van der Waals surface area (Å²) in [5, 5.41) is 4.00. The minimum atomic E-state index is -0.00172. The molecular weight excluding hydrogens is 270 g/mol. The van der Waals surface area contributed by atoms with E-state index < -0.39 is 0 Å². The molecule has 2 N–H and O–H groups in total. The minimum absolute atomic E-state index is 0.00172. The van der Waals surface area contributed by atoms with Crippen LogP contribution in [0.15, 0.2) is 22.7 Å². The maximum atomic E-state index is 6.02. The molecule has 0 bridgehead atoms. The number of benzene rings is 1. The van der Waals surface area contributed by atoms with Crippen molar-refractivity contribution in [3.05, 3.63) is 24.1 Å². The van der Waals surface area contributed by atoms with Crippen molar-refractivity contribution in [3.63, 3.8) is 0 Å². The molecule has 6 nitrogen and oxygen atoms in total. The van der Waals surface area contributed by atoms with Crippen LogP contribution in [0.25, 0.3) is 11.4 Å². The summed E-state index contributed by atoms with van der Waals surface area (Å²) in [5.74, 6) is 2.74. The third-order valence-electron chi connectivity index (χ3n) is 3.34. The number of nitrogens with two attached hydrogens (primary N) is 1. The molecule has 1 heterocycles. The second-order valence-corrected chi connectivity index (χ2v) is 5.23. The second-order valence-electron chi connectivity index (χ2n) is 5.23. The molecule has 1 atom stereocenters. The Hall–Kier alpha value is -2.08. The predicted octanol–water partition coefficient (Wildman–Crippen LogP) is 2.28. The first-order chi connectivity index (χ1) is 10.0. The van der Waals surface area contributed by atoms with Gasteiger partial charge in [-0.05, 0) is 18.1 Å². The van der Waals surface area contributed by atoms with E-state index in [1.165, 1.54) is 0 Å². The van der Waals surface area contributed by atoms with Gasteiger partial charge in [0.1, 0.15) is 11.5 Å². The van der Waals surface area contributed by atoms with Crippen LogP contribution in [0, 0.1) is 5.92 Å². The molecule has 1 aromatic heterocycles. The van der Waals surface area contributed by atoms with Crippen LogP contribution in [-0.2, 0) is 6.42 Å². The molecule has 2 aromatic rings. The van der Waals surface area contributed by atoms with Crippen molar-refractivity contribution in [2.45, 2.75) is 26.3 Å². The Labute approximate surface area is 124 Å². The van der Waals surface area contributed by atoms with Crippen LogP contribution in [0.5, 0.6) is 11.5 Å². The SMILES string of the molecule is COc1cc(OC)cc(-c2noc(CC(N)C(C)C)n2)c1. The van der Waals surface area contributed by atoms with Crippen molar-refractivity contribution in [2.24, 2.45) is 11.7 Å². The van der Waals surface area contributed by atoms with Gasteiger partial charge in [0.25, 0.3) is 0 Å². The average Bonchev–Trinajstić information content (AvgIpc) is 2.95. The highest BCUT2D eigenvalue weighted by molar-refractivity contribution is 5.60. The van der Waals surface area contributed by atoms with Crippen molar-refractivity contribution >= 4 is 0 Å². The molecule has 6 heteroatoms.